The Kier molecular flexibility index (Phi) is 8.02. The molecule has 1 aromatic rings. The SMILES string of the molecule is C=CCc1cc(/C=C2/SC(=O)N(CC3CCCCC3)C2=O)cc(OCC)c1OCC. The van der Waals surface area contributed by atoms with Crippen LogP contribution in [0.2, 0.25) is 0 Å². The summed E-state index contributed by atoms with van der Waals surface area (Å²) in [4.78, 5) is 27.3. The largest absolute Gasteiger partial charge is 0.490 e. The van der Waals surface area contributed by atoms with Crippen LogP contribution in [0.1, 0.15) is 57.1 Å². The van der Waals surface area contributed by atoms with Crippen LogP contribution in [0.15, 0.2) is 29.7 Å². The predicted octanol–water partition coefficient (Wildman–Crippen LogP) is 5.83. The van der Waals surface area contributed by atoms with Gasteiger partial charge in [-0.05, 0) is 74.6 Å². The first-order valence-electron chi connectivity index (χ1n) is 10.9. The Morgan fingerprint density at radius 1 is 1.13 bits per heavy atom. The number of carbonyl (C=O) groups excluding carboxylic acids is 2. The molecule has 30 heavy (non-hydrogen) atoms. The molecule has 2 aliphatic rings. The summed E-state index contributed by atoms with van der Waals surface area (Å²) in [6.45, 7) is 9.27. The first-order chi connectivity index (χ1) is 14.6. The fourth-order valence-electron chi connectivity index (χ4n) is 4.08. The Morgan fingerprint density at radius 2 is 1.87 bits per heavy atom. The van der Waals surface area contributed by atoms with Crippen LogP contribution >= 0.6 is 11.8 Å². The van der Waals surface area contributed by atoms with Crippen LogP contribution in [0.3, 0.4) is 0 Å². The van der Waals surface area contributed by atoms with Crippen molar-refractivity contribution < 1.29 is 19.1 Å². The van der Waals surface area contributed by atoms with E-state index in [1.807, 2.05) is 32.1 Å². The quantitative estimate of drug-likeness (QED) is 0.365. The van der Waals surface area contributed by atoms with Gasteiger partial charge in [-0.1, -0.05) is 25.3 Å². The summed E-state index contributed by atoms with van der Waals surface area (Å²) in [5, 5.41) is -0.167. The summed E-state index contributed by atoms with van der Waals surface area (Å²) < 4.78 is 11.6. The molecule has 1 aromatic carbocycles. The number of nitrogens with zero attached hydrogens (tertiary/aromatic N) is 1. The number of allylic oxidation sites excluding steroid dienone is 1. The standard InChI is InChI=1S/C24H31NO4S/c1-4-10-19-13-18(14-20(28-5-2)22(19)29-6-3)15-21-23(26)25(24(27)30-21)16-17-11-8-7-9-12-17/h4,13-15,17H,1,5-12,16H2,2-3H3/b21-15+. The van der Waals surface area contributed by atoms with Crippen molar-refractivity contribution in [3.05, 3.63) is 40.8 Å². The van der Waals surface area contributed by atoms with Gasteiger partial charge in [0.05, 0.1) is 18.1 Å². The number of carbonyl (C=O) groups is 2. The van der Waals surface area contributed by atoms with E-state index >= 15 is 0 Å². The van der Waals surface area contributed by atoms with E-state index in [4.69, 9.17) is 9.47 Å². The molecule has 1 aliphatic carbocycles. The van der Waals surface area contributed by atoms with E-state index in [9.17, 15) is 9.59 Å². The topological polar surface area (TPSA) is 55.8 Å². The van der Waals surface area contributed by atoms with Gasteiger partial charge in [0, 0.05) is 12.1 Å². The van der Waals surface area contributed by atoms with Crippen molar-refractivity contribution in [2.75, 3.05) is 19.8 Å². The number of rotatable bonds is 9. The molecule has 0 radical (unpaired) electrons. The van der Waals surface area contributed by atoms with E-state index in [1.165, 1.54) is 24.2 Å². The molecular formula is C24H31NO4S. The lowest BCUT2D eigenvalue weighted by Crippen LogP contribution is -2.34. The second kappa shape index (κ2) is 10.7. The molecule has 2 fully saturated rings. The normalized spacial score (nSPS) is 18.9. The zero-order valence-electron chi connectivity index (χ0n) is 17.9. The molecule has 0 N–H and O–H groups in total. The van der Waals surface area contributed by atoms with Crippen molar-refractivity contribution in [3.63, 3.8) is 0 Å². The molecule has 0 aromatic heterocycles. The lowest BCUT2D eigenvalue weighted by Gasteiger charge is -2.25. The maximum absolute atomic E-state index is 12.9. The number of hydrogen-bond acceptors (Lipinski definition) is 5. The Morgan fingerprint density at radius 3 is 2.53 bits per heavy atom. The maximum atomic E-state index is 12.9. The number of imide groups is 1. The summed E-state index contributed by atoms with van der Waals surface area (Å²) in [6.07, 6.45) is 10.1. The molecule has 1 saturated carbocycles. The number of hydrogen-bond donors (Lipinski definition) is 0. The first-order valence-corrected chi connectivity index (χ1v) is 11.7. The summed E-state index contributed by atoms with van der Waals surface area (Å²) in [7, 11) is 0. The fraction of sp³-hybridized carbons (Fsp3) is 0.500. The molecule has 1 saturated heterocycles. The van der Waals surface area contributed by atoms with E-state index in [1.54, 1.807) is 6.08 Å². The van der Waals surface area contributed by atoms with Crippen LogP contribution in [0, 0.1) is 5.92 Å². The molecule has 6 heteroatoms. The molecule has 0 unspecified atom stereocenters. The number of thioether (sulfide) groups is 1. The Bertz CT molecular complexity index is 827. The van der Waals surface area contributed by atoms with Gasteiger partial charge >= 0.3 is 0 Å². The molecule has 162 valence electrons. The van der Waals surface area contributed by atoms with Gasteiger partial charge in [-0.25, -0.2) is 0 Å². The van der Waals surface area contributed by atoms with Crippen molar-refractivity contribution in [2.45, 2.75) is 52.4 Å². The minimum absolute atomic E-state index is 0.167. The number of amides is 2. The summed E-state index contributed by atoms with van der Waals surface area (Å²) in [5.74, 6) is 1.60. The van der Waals surface area contributed by atoms with Crippen LogP contribution in [0.5, 0.6) is 11.5 Å². The van der Waals surface area contributed by atoms with Crippen molar-refractivity contribution in [3.8, 4) is 11.5 Å². The average Bonchev–Trinajstić information content (AvgIpc) is 2.99. The predicted molar refractivity (Wildman–Crippen MR) is 122 cm³/mol. The highest BCUT2D eigenvalue weighted by Gasteiger charge is 2.36. The average molecular weight is 430 g/mol. The van der Waals surface area contributed by atoms with Crippen molar-refractivity contribution in [2.24, 2.45) is 5.92 Å². The molecule has 1 heterocycles. The molecule has 0 atom stereocenters. The van der Waals surface area contributed by atoms with E-state index in [-0.39, 0.29) is 11.1 Å². The highest BCUT2D eigenvalue weighted by Crippen LogP contribution is 2.38. The smallest absolute Gasteiger partial charge is 0.293 e. The molecular weight excluding hydrogens is 398 g/mol. The number of ether oxygens (including phenoxy) is 2. The van der Waals surface area contributed by atoms with Crippen LogP contribution in [-0.2, 0) is 11.2 Å². The van der Waals surface area contributed by atoms with Gasteiger partial charge < -0.3 is 9.47 Å². The van der Waals surface area contributed by atoms with Gasteiger partial charge in [-0.2, -0.15) is 0 Å². The van der Waals surface area contributed by atoms with Gasteiger partial charge in [0.15, 0.2) is 11.5 Å². The van der Waals surface area contributed by atoms with Crippen molar-refractivity contribution in [1.82, 2.24) is 4.90 Å². The van der Waals surface area contributed by atoms with Crippen LogP contribution in [-0.4, -0.2) is 35.8 Å². The van der Waals surface area contributed by atoms with Gasteiger partial charge in [0.1, 0.15) is 0 Å². The molecule has 1 aliphatic heterocycles. The summed E-state index contributed by atoms with van der Waals surface area (Å²) in [6, 6.07) is 3.85. The van der Waals surface area contributed by atoms with Gasteiger partial charge in [0.2, 0.25) is 0 Å². The molecule has 5 nitrogen and oxygen atoms in total. The zero-order chi connectivity index (χ0) is 21.5. The third-order valence-electron chi connectivity index (χ3n) is 5.44. The van der Waals surface area contributed by atoms with Crippen LogP contribution in [0.4, 0.5) is 4.79 Å². The second-order valence-electron chi connectivity index (χ2n) is 7.66. The second-order valence-corrected chi connectivity index (χ2v) is 8.66. The minimum atomic E-state index is -0.187. The highest BCUT2D eigenvalue weighted by molar-refractivity contribution is 8.18. The summed E-state index contributed by atoms with van der Waals surface area (Å²) >= 11 is 1.02. The molecule has 0 bridgehead atoms. The molecule has 3 rings (SSSR count). The lowest BCUT2D eigenvalue weighted by atomic mass is 9.89. The van der Waals surface area contributed by atoms with E-state index in [0.29, 0.717) is 48.5 Å². The van der Waals surface area contributed by atoms with Crippen LogP contribution < -0.4 is 9.47 Å². The van der Waals surface area contributed by atoms with Crippen molar-refractivity contribution >= 4 is 29.0 Å². The third kappa shape index (κ3) is 5.28. The first kappa shape index (κ1) is 22.5. The van der Waals surface area contributed by atoms with Crippen molar-refractivity contribution in [1.29, 1.82) is 0 Å². The van der Waals surface area contributed by atoms with E-state index < -0.39 is 0 Å². The third-order valence-corrected chi connectivity index (χ3v) is 6.35. The Balaban J connectivity index is 1.86. The zero-order valence-corrected chi connectivity index (χ0v) is 18.8. The summed E-state index contributed by atoms with van der Waals surface area (Å²) in [5.41, 5.74) is 1.77. The Hall–Kier alpha value is -2.21. The maximum Gasteiger partial charge on any atom is 0.293 e. The van der Waals surface area contributed by atoms with Crippen LogP contribution in [0.25, 0.3) is 6.08 Å². The van der Waals surface area contributed by atoms with E-state index in [2.05, 4.69) is 6.58 Å². The Labute approximate surface area is 183 Å². The number of benzene rings is 1. The van der Waals surface area contributed by atoms with Gasteiger partial charge in [0.25, 0.3) is 11.1 Å². The van der Waals surface area contributed by atoms with Gasteiger partial charge in [-0.15, -0.1) is 6.58 Å². The highest BCUT2D eigenvalue weighted by atomic mass is 32.2. The minimum Gasteiger partial charge on any atom is -0.490 e. The molecule has 0 spiro atoms. The lowest BCUT2D eigenvalue weighted by molar-refractivity contribution is -0.123. The van der Waals surface area contributed by atoms with Gasteiger partial charge in [-0.3, -0.25) is 14.5 Å². The van der Waals surface area contributed by atoms with E-state index in [0.717, 1.165) is 35.7 Å². The fourth-order valence-corrected chi connectivity index (χ4v) is 4.93. The molecule has 2 amide bonds. The monoisotopic (exact) mass is 429 g/mol.